The number of nitrogens with zero attached hydrogens (tertiary/aromatic N) is 4. The van der Waals surface area contributed by atoms with Gasteiger partial charge in [0.05, 0.1) is 22.6 Å². The Hall–Kier alpha value is -4.21. The van der Waals surface area contributed by atoms with Crippen molar-refractivity contribution in [2.24, 2.45) is 0 Å². The minimum atomic E-state index is -4.63. The maximum absolute atomic E-state index is 13.8. The van der Waals surface area contributed by atoms with Gasteiger partial charge in [0.25, 0.3) is 11.5 Å². The van der Waals surface area contributed by atoms with Crippen LogP contribution >= 0.6 is 0 Å². The number of carbonyl (C=O) groups is 1. The molecule has 4 rings (SSSR count). The van der Waals surface area contributed by atoms with Crippen LogP contribution in [0.15, 0.2) is 71.5 Å². The van der Waals surface area contributed by atoms with Crippen LogP contribution in [0.2, 0.25) is 0 Å². The number of hydrogen-bond acceptors (Lipinski definition) is 4. The van der Waals surface area contributed by atoms with Crippen molar-refractivity contribution < 1.29 is 18.0 Å². The summed E-state index contributed by atoms with van der Waals surface area (Å²) in [5.74, 6) is -0.708. The third-order valence-corrected chi connectivity index (χ3v) is 5.13. The summed E-state index contributed by atoms with van der Waals surface area (Å²) in [5, 5.41) is 10.7. The first-order chi connectivity index (χ1) is 16.1. The maximum atomic E-state index is 13.8. The molecule has 2 aromatic carbocycles. The molecule has 2 aromatic heterocycles. The summed E-state index contributed by atoms with van der Waals surface area (Å²) in [7, 11) is 0. The van der Waals surface area contributed by atoms with Gasteiger partial charge in [-0.05, 0) is 55.8 Å². The van der Waals surface area contributed by atoms with E-state index in [1.807, 2.05) is 0 Å². The van der Waals surface area contributed by atoms with E-state index in [4.69, 9.17) is 0 Å². The van der Waals surface area contributed by atoms with Gasteiger partial charge in [-0.25, -0.2) is 4.68 Å². The number of rotatable bonds is 5. The summed E-state index contributed by atoms with van der Waals surface area (Å²) >= 11 is 0. The van der Waals surface area contributed by atoms with Gasteiger partial charge in [-0.3, -0.25) is 9.59 Å². The summed E-state index contributed by atoms with van der Waals surface area (Å²) in [6.45, 7) is 3.13. The van der Waals surface area contributed by atoms with Gasteiger partial charge in [-0.2, -0.15) is 28.1 Å². The molecule has 174 valence electrons. The summed E-state index contributed by atoms with van der Waals surface area (Å²) in [5.41, 5.74) is 0.588. The van der Waals surface area contributed by atoms with Gasteiger partial charge < -0.3 is 5.32 Å². The molecule has 2 heterocycles. The molecule has 0 saturated carbocycles. The summed E-state index contributed by atoms with van der Waals surface area (Å²) < 4.78 is 43.9. The molecule has 0 bridgehead atoms. The van der Waals surface area contributed by atoms with Crippen LogP contribution in [-0.2, 0) is 12.7 Å². The summed E-state index contributed by atoms with van der Waals surface area (Å²) in [6, 6.07) is 16.5. The van der Waals surface area contributed by atoms with Crippen LogP contribution in [-0.4, -0.2) is 25.5 Å². The van der Waals surface area contributed by atoms with Crippen LogP contribution in [0.1, 0.15) is 33.0 Å². The molecule has 1 N–H and O–H groups in total. The molecule has 1 amide bonds. The lowest BCUT2D eigenvalue weighted by Gasteiger charge is -2.16. The van der Waals surface area contributed by atoms with Gasteiger partial charge in [0.15, 0.2) is 0 Å². The van der Waals surface area contributed by atoms with E-state index in [1.54, 1.807) is 50.2 Å². The largest absolute Gasteiger partial charge is 0.416 e. The molecule has 0 atom stereocenters. The van der Waals surface area contributed by atoms with Crippen LogP contribution in [0.5, 0.6) is 0 Å². The molecule has 34 heavy (non-hydrogen) atoms. The minimum Gasteiger partial charge on any atom is -0.347 e. The quantitative estimate of drug-likeness (QED) is 0.481. The first-order valence-corrected chi connectivity index (χ1v) is 10.3. The number of nitrogens with one attached hydrogen (secondary N) is 1. The molecular weight excluding hydrogens is 447 g/mol. The Balaban J connectivity index is 1.59. The third-order valence-electron chi connectivity index (χ3n) is 5.13. The molecule has 0 radical (unpaired) electrons. The smallest absolute Gasteiger partial charge is 0.347 e. The van der Waals surface area contributed by atoms with Crippen LogP contribution in [0, 0.1) is 13.8 Å². The Morgan fingerprint density at radius 2 is 1.65 bits per heavy atom. The summed E-state index contributed by atoms with van der Waals surface area (Å²) in [4.78, 5) is 24.8. The fraction of sp³-hybridized carbons (Fsp3) is 0.167. The van der Waals surface area contributed by atoms with Gasteiger partial charge >= 0.3 is 6.18 Å². The highest BCUT2D eigenvalue weighted by Crippen LogP contribution is 2.33. The SMILES string of the molecule is Cc1cc(C)n(-c2ccc(CNC(=O)c3ccc(=O)n(-c4ccccc4)n3)c(C(F)(F)F)c2)n1. The van der Waals surface area contributed by atoms with Crippen LogP contribution < -0.4 is 10.9 Å². The van der Waals surface area contributed by atoms with Crippen molar-refractivity contribution in [1.29, 1.82) is 0 Å². The van der Waals surface area contributed by atoms with Crippen molar-refractivity contribution in [3.05, 3.63) is 105 Å². The van der Waals surface area contributed by atoms with Crippen molar-refractivity contribution in [3.8, 4) is 11.4 Å². The molecule has 0 saturated heterocycles. The predicted molar refractivity (Wildman–Crippen MR) is 119 cm³/mol. The highest BCUT2D eigenvalue weighted by atomic mass is 19.4. The van der Waals surface area contributed by atoms with Crippen LogP contribution in [0.25, 0.3) is 11.4 Å². The van der Waals surface area contributed by atoms with Crippen molar-refractivity contribution in [3.63, 3.8) is 0 Å². The Labute approximate surface area is 192 Å². The highest BCUT2D eigenvalue weighted by Gasteiger charge is 2.34. The Bertz CT molecular complexity index is 1410. The molecule has 0 spiro atoms. The van der Waals surface area contributed by atoms with Gasteiger partial charge in [-0.1, -0.05) is 24.3 Å². The highest BCUT2D eigenvalue weighted by molar-refractivity contribution is 5.92. The number of carbonyl (C=O) groups excluding carboxylic acids is 1. The average molecular weight is 467 g/mol. The van der Waals surface area contributed by atoms with E-state index in [1.165, 1.54) is 28.9 Å². The van der Waals surface area contributed by atoms with E-state index in [-0.39, 0.29) is 23.5 Å². The maximum Gasteiger partial charge on any atom is 0.416 e. The van der Waals surface area contributed by atoms with Crippen molar-refractivity contribution in [2.45, 2.75) is 26.6 Å². The first kappa shape index (κ1) is 23.0. The molecule has 4 aromatic rings. The molecule has 0 fully saturated rings. The number of amides is 1. The molecule has 0 unspecified atom stereocenters. The predicted octanol–water partition coefficient (Wildman–Crippen LogP) is 3.98. The number of hydrogen-bond donors (Lipinski definition) is 1. The molecule has 0 aliphatic carbocycles. The fourth-order valence-corrected chi connectivity index (χ4v) is 3.56. The standard InChI is InChI=1S/C24H20F3N5O2/c1-15-12-16(2)31(29-15)19-9-8-17(20(13-19)24(25,26)27)14-28-23(34)21-10-11-22(33)32(30-21)18-6-4-3-5-7-18/h3-13H,14H2,1-2H3,(H,28,34). The number of halogens is 3. The average Bonchev–Trinajstić information content (AvgIpc) is 3.15. The lowest BCUT2D eigenvalue weighted by Crippen LogP contribution is -2.29. The second kappa shape index (κ2) is 8.97. The van der Waals surface area contributed by atoms with E-state index >= 15 is 0 Å². The topological polar surface area (TPSA) is 81.8 Å². The first-order valence-electron chi connectivity index (χ1n) is 10.3. The molecular formula is C24H20F3N5O2. The number of benzene rings is 2. The van der Waals surface area contributed by atoms with E-state index in [0.29, 0.717) is 17.1 Å². The second-order valence-electron chi connectivity index (χ2n) is 7.66. The lowest BCUT2D eigenvalue weighted by molar-refractivity contribution is -0.138. The zero-order valence-electron chi connectivity index (χ0n) is 18.3. The summed E-state index contributed by atoms with van der Waals surface area (Å²) in [6.07, 6.45) is -4.63. The Kier molecular flexibility index (Phi) is 6.06. The van der Waals surface area contributed by atoms with E-state index in [9.17, 15) is 22.8 Å². The zero-order chi connectivity index (χ0) is 24.5. The van der Waals surface area contributed by atoms with E-state index in [0.717, 1.165) is 10.7 Å². The lowest BCUT2D eigenvalue weighted by atomic mass is 10.1. The van der Waals surface area contributed by atoms with Gasteiger partial charge in [0.1, 0.15) is 5.69 Å². The van der Waals surface area contributed by atoms with Crippen LogP contribution in [0.4, 0.5) is 13.2 Å². The zero-order valence-corrected chi connectivity index (χ0v) is 18.3. The number of aryl methyl sites for hydroxylation is 2. The number of alkyl halides is 3. The molecule has 10 heteroatoms. The number of para-hydroxylation sites is 1. The Morgan fingerprint density at radius 1 is 0.912 bits per heavy atom. The van der Waals surface area contributed by atoms with Gasteiger partial charge in [-0.15, -0.1) is 0 Å². The van der Waals surface area contributed by atoms with E-state index in [2.05, 4.69) is 15.5 Å². The normalized spacial score (nSPS) is 11.4. The van der Waals surface area contributed by atoms with Crippen molar-refractivity contribution in [2.75, 3.05) is 0 Å². The Morgan fingerprint density at radius 3 is 2.29 bits per heavy atom. The molecule has 0 aliphatic heterocycles. The molecule has 7 nitrogen and oxygen atoms in total. The van der Waals surface area contributed by atoms with Crippen LogP contribution in [0.3, 0.4) is 0 Å². The minimum absolute atomic E-state index is 0.101. The monoisotopic (exact) mass is 467 g/mol. The van der Waals surface area contributed by atoms with Crippen molar-refractivity contribution >= 4 is 5.91 Å². The number of aromatic nitrogens is 4. The molecule has 0 aliphatic rings. The second-order valence-corrected chi connectivity index (χ2v) is 7.66. The van der Waals surface area contributed by atoms with Gasteiger partial charge in [0, 0.05) is 18.3 Å². The van der Waals surface area contributed by atoms with E-state index < -0.39 is 23.2 Å². The van der Waals surface area contributed by atoms with Gasteiger partial charge in [0.2, 0.25) is 0 Å². The third kappa shape index (κ3) is 4.75. The fourth-order valence-electron chi connectivity index (χ4n) is 3.56. The van der Waals surface area contributed by atoms with Crippen molar-refractivity contribution in [1.82, 2.24) is 24.9 Å².